The lowest BCUT2D eigenvalue weighted by Gasteiger charge is -2.50. The average Bonchev–Trinajstić information content (AvgIpc) is 2.86. The number of aliphatic hydroxyl groups is 1. The molecule has 3 atom stereocenters. The summed E-state index contributed by atoms with van der Waals surface area (Å²) < 4.78 is 0. The van der Waals surface area contributed by atoms with Gasteiger partial charge in [-0.2, -0.15) is 0 Å². The standard InChI is InChI=1S/C19H30N2O/c1-3-19(13-22)10-6-11-21-12-8-14-16(17(19)21)20-15-7-4-5-9-18(14,15)2/h14,22H,3-13H2,1-2H3. The normalized spacial score (nSPS) is 41.0. The Morgan fingerprint density at radius 3 is 2.86 bits per heavy atom. The maximum absolute atomic E-state index is 10.2. The largest absolute Gasteiger partial charge is 0.395 e. The van der Waals surface area contributed by atoms with Gasteiger partial charge in [0.25, 0.3) is 0 Å². The number of piperidine rings is 1. The fourth-order valence-electron chi connectivity index (χ4n) is 5.70. The molecule has 0 aromatic heterocycles. The lowest BCUT2D eigenvalue weighted by molar-refractivity contribution is 0.0590. The number of hydrogen-bond donors (Lipinski definition) is 1. The predicted molar refractivity (Wildman–Crippen MR) is 89.8 cm³/mol. The van der Waals surface area contributed by atoms with Gasteiger partial charge in [0.05, 0.1) is 12.3 Å². The molecule has 1 aliphatic carbocycles. The van der Waals surface area contributed by atoms with Gasteiger partial charge in [0.1, 0.15) is 0 Å². The van der Waals surface area contributed by atoms with Crippen LogP contribution in [0, 0.1) is 16.7 Å². The fraction of sp³-hybridized carbons (Fsp3) is 0.842. The molecule has 0 radical (unpaired) electrons. The van der Waals surface area contributed by atoms with Gasteiger partial charge in [-0.3, -0.25) is 4.99 Å². The highest BCUT2D eigenvalue weighted by atomic mass is 16.3. The van der Waals surface area contributed by atoms with Gasteiger partial charge in [-0.25, -0.2) is 0 Å². The first-order chi connectivity index (χ1) is 10.6. The number of nitrogens with zero attached hydrogens (tertiary/aromatic N) is 2. The van der Waals surface area contributed by atoms with Crippen LogP contribution in [0.4, 0.5) is 0 Å². The van der Waals surface area contributed by atoms with E-state index < -0.39 is 0 Å². The molecule has 0 amide bonds. The first kappa shape index (κ1) is 14.7. The third-order valence-electron chi connectivity index (χ3n) is 7.19. The molecule has 3 heterocycles. The average molecular weight is 302 g/mol. The monoisotopic (exact) mass is 302 g/mol. The van der Waals surface area contributed by atoms with Crippen molar-refractivity contribution in [3.63, 3.8) is 0 Å². The quantitative estimate of drug-likeness (QED) is 0.843. The van der Waals surface area contributed by atoms with Crippen LogP contribution in [0.15, 0.2) is 16.4 Å². The molecule has 2 fully saturated rings. The van der Waals surface area contributed by atoms with Gasteiger partial charge in [0.2, 0.25) is 0 Å². The van der Waals surface area contributed by atoms with Gasteiger partial charge in [-0.15, -0.1) is 0 Å². The van der Waals surface area contributed by atoms with Crippen LogP contribution in [0.25, 0.3) is 0 Å². The summed E-state index contributed by atoms with van der Waals surface area (Å²) in [7, 11) is 0. The van der Waals surface area contributed by atoms with Crippen LogP contribution in [-0.4, -0.2) is 35.4 Å². The highest BCUT2D eigenvalue weighted by Gasteiger charge is 2.52. The molecule has 3 heteroatoms. The van der Waals surface area contributed by atoms with E-state index in [1.54, 1.807) is 0 Å². The molecule has 0 bridgehead atoms. The highest BCUT2D eigenvalue weighted by molar-refractivity contribution is 5.94. The van der Waals surface area contributed by atoms with E-state index in [2.05, 4.69) is 18.7 Å². The summed E-state index contributed by atoms with van der Waals surface area (Å²) >= 11 is 0. The van der Waals surface area contributed by atoms with Crippen molar-refractivity contribution in [3.8, 4) is 0 Å². The van der Waals surface area contributed by atoms with Crippen LogP contribution in [-0.2, 0) is 0 Å². The van der Waals surface area contributed by atoms with Crippen molar-refractivity contribution in [2.24, 2.45) is 21.7 Å². The van der Waals surface area contributed by atoms with E-state index in [1.165, 1.54) is 62.2 Å². The Morgan fingerprint density at radius 1 is 1.23 bits per heavy atom. The first-order valence-electron chi connectivity index (χ1n) is 9.33. The molecule has 3 unspecified atom stereocenters. The van der Waals surface area contributed by atoms with E-state index >= 15 is 0 Å². The Morgan fingerprint density at radius 2 is 2.09 bits per heavy atom. The second-order valence-electron chi connectivity index (χ2n) is 8.14. The number of hydrogen-bond acceptors (Lipinski definition) is 3. The molecule has 0 spiro atoms. The molecular weight excluding hydrogens is 272 g/mol. The molecule has 3 aliphatic heterocycles. The number of allylic oxidation sites excluding steroid dienone is 1. The van der Waals surface area contributed by atoms with Gasteiger partial charge < -0.3 is 10.0 Å². The molecule has 122 valence electrons. The minimum Gasteiger partial charge on any atom is -0.395 e. The van der Waals surface area contributed by atoms with Crippen molar-refractivity contribution in [2.45, 2.75) is 65.2 Å². The molecule has 4 aliphatic rings. The predicted octanol–water partition coefficient (Wildman–Crippen LogP) is 3.74. The zero-order chi connectivity index (χ0) is 15.4. The van der Waals surface area contributed by atoms with E-state index in [1.807, 2.05) is 0 Å². The van der Waals surface area contributed by atoms with Crippen LogP contribution in [0.2, 0.25) is 0 Å². The summed E-state index contributed by atoms with van der Waals surface area (Å²) in [5, 5.41) is 10.2. The number of aliphatic hydroxyl groups excluding tert-OH is 1. The Labute approximate surface area is 134 Å². The summed E-state index contributed by atoms with van der Waals surface area (Å²) in [6.07, 6.45) is 9.81. The summed E-state index contributed by atoms with van der Waals surface area (Å²) in [6, 6.07) is 0. The lowest BCUT2D eigenvalue weighted by Crippen LogP contribution is -2.48. The summed E-state index contributed by atoms with van der Waals surface area (Å²) in [5.74, 6) is 0.615. The topological polar surface area (TPSA) is 35.8 Å². The van der Waals surface area contributed by atoms with Gasteiger partial charge in [-0.1, -0.05) is 20.3 Å². The first-order valence-corrected chi connectivity index (χ1v) is 9.33. The molecular formula is C19H30N2O. The lowest BCUT2D eigenvalue weighted by atomic mass is 9.63. The van der Waals surface area contributed by atoms with E-state index in [9.17, 15) is 5.11 Å². The Bertz CT molecular complexity index is 532. The number of aliphatic imine (C=N–C) groups is 1. The van der Waals surface area contributed by atoms with Crippen LogP contribution in [0.3, 0.4) is 0 Å². The number of fused-ring (bicyclic) bond motifs is 4. The summed E-state index contributed by atoms with van der Waals surface area (Å²) in [4.78, 5) is 7.79. The van der Waals surface area contributed by atoms with Gasteiger partial charge in [-0.05, 0) is 44.9 Å². The molecule has 22 heavy (non-hydrogen) atoms. The Balaban J connectivity index is 1.86. The highest BCUT2D eigenvalue weighted by Crippen LogP contribution is 2.56. The van der Waals surface area contributed by atoms with E-state index in [0.29, 0.717) is 11.3 Å². The molecule has 1 saturated carbocycles. The van der Waals surface area contributed by atoms with Gasteiger partial charge in [0.15, 0.2) is 0 Å². The second-order valence-corrected chi connectivity index (χ2v) is 8.14. The van der Waals surface area contributed by atoms with Crippen molar-refractivity contribution >= 4 is 5.71 Å². The Hall–Kier alpha value is -0.830. The van der Waals surface area contributed by atoms with Crippen LogP contribution < -0.4 is 0 Å². The van der Waals surface area contributed by atoms with Crippen LogP contribution in [0.1, 0.15) is 65.2 Å². The van der Waals surface area contributed by atoms with Crippen LogP contribution >= 0.6 is 0 Å². The molecule has 3 nitrogen and oxygen atoms in total. The fourth-order valence-corrected chi connectivity index (χ4v) is 5.70. The van der Waals surface area contributed by atoms with E-state index in [4.69, 9.17) is 4.99 Å². The Kier molecular flexibility index (Phi) is 3.41. The zero-order valence-corrected chi connectivity index (χ0v) is 14.2. The molecule has 1 N–H and O–H groups in total. The molecule has 4 rings (SSSR count). The van der Waals surface area contributed by atoms with Crippen LogP contribution in [0.5, 0.6) is 0 Å². The third kappa shape index (κ3) is 1.81. The van der Waals surface area contributed by atoms with Crippen molar-refractivity contribution < 1.29 is 5.11 Å². The molecule has 0 aromatic rings. The summed E-state index contributed by atoms with van der Waals surface area (Å²) in [6.45, 7) is 7.33. The molecule has 0 aromatic carbocycles. The number of rotatable bonds is 2. The third-order valence-corrected chi connectivity index (χ3v) is 7.19. The van der Waals surface area contributed by atoms with E-state index in [-0.39, 0.29) is 12.0 Å². The minimum absolute atomic E-state index is 0.0276. The van der Waals surface area contributed by atoms with Crippen molar-refractivity contribution in [3.05, 3.63) is 11.4 Å². The van der Waals surface area contributed by atoms with Gasteiger partial charge in [0, 0.05) is 41.2 Å². The van der Waals surface area contributed by atoms with Crippen molar-refractivity contribution in [1.29, 1.82) is 0 Å². The summed E-state index contributed by atoms with van der Waals surface area (Å²) in [5.41, 5.74) is 4.57. The molecule has 1 saturated heterocycles. The van der Waals surface area contributed by atoms with Crippen molar-refractivity contribution in [1.82, 2.24) is 4.90 Å². The SMILES string of the molecule is CCC1(CO)CCCN2CCC3C(=C21)N=C1CCCCC13C. The van der Waals surface area contributed by atoms with E-state index in [0.717, 1.165) is 19.4 Å². The second kappa shape index (κ2) is 5.09. The maximum atomic E-state index is 10.2. The van der Waals surface area contributed by atoms with Crippen molar-refractivity contribution in [2.75, 3.05) is 19.7 Å². The minimum atomic E-state index is -0.0276. The smallest absolute Gasteiger partial charge is 0.0641 e. The zero-order valence-electron chi connectivity index (χ0n) is 14.2. The maximum Gasteiger partial charge on any atom is 0.0641 e. The van der Waals surface area contributed by atoms with Gasteiger partial charge >= 0.3 is 0 Å².